The second-order valence-electron chi connectivity index (χ2n) is 5.63. The van der Waals surface area contributed by atoms with Crippen LogP contribution < -0.4 is 5.32 Å². The summed E-state index contributed by atoms with van der Waals surface area (Å²) in [6.07, 6.45) is 2.42. The van der Waals surface area contributed by atoms with Gasteiger partial charge in [-0.3, -0.25) is 4.90 Å². The van der Waals surface area contributed by atoms with E-state index in [-0.39, 0.29) is 0 Å². The van der Waals surface area contributed by atoms with Crippen LogP contribution in [0.2, 0.25) is 0 Å². The molecule has 3 nitrogen and oxygen atoms in total. The number of pyridine rings is 1. The highest BCUT2D eigenvalue weighted by Gasteiger charge is 2.14. The first-order chi connectivity index (χ1) is 10.3. The van der Waals surface area contributed by atoms with Crippen LogP contribution in [0.5, 0.6) is 0 Å². The molecule has 0 aliphatic carbocycles. The van der Waals surface area contributed by atoms with Gasteiger partial charge in [0, 0.05) is 19.6 Å². The summed E-state index contributed by atoms with van der Waals surface area (Å²) in [7, 11) is 0. The summed E-state index contributed by atoms with van der Waals surface area (Å²) in [5, 5.41) is 3.28. The van der Waals surface area contributed by atoms with E-state index in [1.165, 1.54) is 24.0 Å². The molecule has 0 saturated heterocycles. The van der Waals surface area contributed by atoms with Crippen molar-refractivity contribution in [3.05, 3.63) is 59.3 Å². The molecule has 1 aromatic carbocycles. The van der Waals surface area contributed by atoms with Crippen LogP contribution in [0, 0.1) is 0 Å². The van der Waals surface area contributed by atoms with Crippen molar-refractivity contribution >= 4 is 5.82 Å². The third-order valence-corrected chi connectivity index (χ3v) is 3.98. The zero-order valence-electron chi connectivity index (χ0n) is 12.7. The second kappa shape index (κ2) is 6.72. The molecule has 2 aromatic rings. The van der Waals surface area contributed by atoms with E-state index in [9.17, 15) is 0 Å². The maximum atomic E-state index is 4.69. The summed E-state index contributed by atoms with van der Waals surface area (Å²) in [6, 6.07) is 15.1. The average Bonchev–Trinajstić information content (AvgIpc) is 2.69. The molecule has 1 aliphatic rings. The van der Waals surface area contributed by atoms with Crippen LogP contribution in [-0.2, 0) is 19.5 Å². The molecule has 0 saturated carbocycles. The van der Waals surface area contributed by atoms with Crippen molar-refractivity contribution in [2.75, 3.05) is 18.4 Å². The number of rotatable bonds is 4. The molecule has 3 heteroatoms. The third-order valence-electron chi connectivity index (χ3n) is 3.98. The molecule has 0 atom stereocenters. The first-order valence-corrected chi connectivity index (χ1v) is 7.84. The molecule has 2 heterocycles. The van der Waals surface area contributed by atoms with Gasteiger partial charge in [0.05, 0.1) is 5.69 Å². The predicted octanol–water partition coefficient (Wildman–Crippen LogP) is 3.46. The Morgan fingerprint density at radius 1 is 1.10 bits per heavy atom. The van der Waals surface area contributed by atoms with Crippen LogP contribution in [0.1, 0.15) is 30.2 Å². The van der Waals surface area contributed by atoms with E-state index in [4.69, 9.17) is 4.98 Å². The third kappa shape index (κ3) is 3.61. The number of hydrogen-bond donors (Lipinski definition) is 1. The van der Waals surface area contributed by atoms with Crippen molar-refractivity contribution in [2.24, 2.45) is 0 Å². The Labute approximate surface area is 127 Å². The van der Waals surface area contributed by atoms with Gasteiger partial charge >= 0.3 is 0 Å². The number of nitrogens with one attached hydrogen (secondary N) is 1. The maximum absolute atomic E-state index is 4.69. The molecule has 0 radical (unpaired) electrons. The van der Waals surface area contributed by atoms with Crippen molar-refractivity contribution < 1.29 is 0 Å². The van der Waals surface area contributed by atoms with Crippen molar-refractivity contribution in [1.82, 2.24) is 9.88 Å². The van der Waals surface area contributed by atoms with Gasteiger partial charge in [0.15, 0.2) is 0 Å². The minimum atomic E-state index is 0.910. The van der Waals surface area contributed by atoms with E-state index < -0.39 is 0 Å². The molecule has 0 fully saturated rings. The lowest BCUT2D eigenvalue weighted by Gasteiger charge is -2.20. The zero-order chi connectivity index (χ0) is 14.5. The fourth-order valence-corrected chi connectivity index (χ4v) is 2.98. The maximum Gasteiger partial charge on any atom is 0.126 e. The lowest BCUT2D eigenvalue weighted by Crippen LogP contribution is -2.23. The number of fused-ring (bicyclic) bond motifs is 1. The quantitative estimate of drug-likeness (QED) is 0.930. The molecule has 0 unspecified atom stereocenters. The zero-order valence-corrected chi connectivity index (χ0v) is 12.7. The summed E-state index contributed by atoms with van der Waals surface area (Å²) in [6.45, 7) is 6.10. The number of aryl methyl sites for hydroxylation is 1. The predicted molar refractivity (Wildman–Crippen MR) is 87.3 cm³/mol. The molecule has 1 aromatic heterocycles. The molecular weight excluding hydrogens is 258 g/mol. The summed E-state index contributed by atoms with van der Waals surface area (Å²) in [5.74, 6) is 0.977. The lowest BCUT2D eigenvalue weighted by atomic mass is 10.0. The SMILES string of the molecule is CCNc1cccc(CN2CCCc3ccccc3C2)n1. The molecule has 0 amide bonds. The summed E-state index contributed by atoms with van der Waals surface area (Å²) in [5.41, 5.74) is 4.13. The molecular formula is C18H23N3. The number of anilines is 1. The Kier molecular flexibility index (Phi) is 4.51. The Morgan fingerprint density at radius 3 is 2.81 bits per heavy atom. The minimum absolute atomic E-state index is 0.910. The standard InChI is InChI=1S/C18H23N3/c1-2-19-18-11-5-10-17(20-18)14-21-12-6-9-15-7-3-4-8-16(15)13-21/h3-5,7-8,10-11H,2,6,9,12-14H2,1H3,(H,19,20). The Balaban J connectivity index is 1.72. The summed E-state index contributed by atoms with van der Waals surface area (Å²) >= 11 is 0. The molecule has 1 aliphatic heterocycles. The number of benzene rings is 1. The van der Waals surface area contributed by atoms with Crippen LogP contribution in [0.25, 0.3) is 0 Å². The molecule has 0 spiro atoms. The van der Waals surface area contributed by atoms with E-state index >= 15 is 0 Å². The van der Waals surface area contributed by atoms with E-state index in [0.29, 0.717) is 0 Å². The van der Waals surface area contributed by atoms with Crippen LogP contribution in [-0.4, -0.2) is 23.0 Å². The number of aromatic nitrogens is 1. The molecule has 21 heavy (non-hydrogen) atoms. The van der Waals surface area contributed by atoms with E-state index in [2.05, 4.69) is 53.5 Å². The second-order valence-corrected chi connectivity index (χ2v) is 5.63. The highest BCUT2D eigenvalue weighted by Crippen LogP contribution is 2.19. The van der Waals surface area contributed by atoms with Crippen LogP contribution >= 0.6 is 0 Å². The lowest BCUT2D eigenvalue weighted by molar-refractivity contribution is 0.258. The largest absolute Gasteiger partial charge is 0.370 e. The average molecular weight is 281 g/mol. The van der Waals surface area contributed by atoms with Gasteiger partial charge in [0.1, 0.15) is 5.82 Å². The van der Waals surface area contributed by atoms with Crippen LogP contribution in [0.4, 0.5) is 5.82 Å². The van der Waals surface area contributed by atoms with Gasteiger partial charge in [-0.15, -0.1) is 0 Å². The summed E-state index contributed by atoms with van der Waals surface area (Å²) in [4.78, 5) is 7.19. The fourth-order valence-electron chi connectivity index (χ4n) is 2.98. The Hall–Kier alpha value is -1.87. The van der Waals surface area contributed by atoms with Crippen LogP contribution in [0.3, 0.4) is 0 Å². The van der Waals surface area contributed by atoms with Crippen molar-refractivity contribution in [1.29, 1.82) is 0 Å². The monoisotopic (exact) mass is 281 g/mol. The van der Waals surface area contributed by atoms with E-state index in [0.717, 1.165) is 37.7 Å². The Bertz CT molecular complexity index is 595. The molecule has 1 N–H and O–H groups in total. The number of nitrogens with zero attached hydrogens (tertiary/aromatic N) is 2. The van der Waals surface area contributed by atoms with E-state index in [1.54, 1.807) is 0 Å². The summed E-state index contributed by atoms with van der Waals surface area (Å²) < 4.78 is 0. The van der Waals surface area contributed by atoms with Gasteiger partial charge in [-0.1, -0.05) is 30.3 Å². The smallest absolute Gasteiger partial charge is 0.126 e. The van der Waals surface area contributed by atoms with Crippen LogP contribution in [0.15, 0.2) is 42.5 Å². The molecule has 3 rings (SSSR count). The highest BCUT2D eigenvalue weighted by molar-refractivity contribution is 5.35. The van der Waals surface area contributed by atoms with Crippen molar-refractivity contribution in [3.63, 3.8) is 0 Å². The Morgan fingerprint density at radius 2 is 1.95 bits per heavy atom. The van der Waals surface area contributed by atoms with Gasteiger partial charge < -0.3 is 5.32 Å². The van der Waals surface area contributed by atoms with Gasteiger partial charge in [-0.25, -0.2) is 4.98 Å². The molecule has 110 valence electrons. The van der Waals surface area contributed by atoms with Gasteiger partial charge in [-0.05, 0) is 49.6 Å². The first kappa shape index (κ1) is 14.1. The van der Waals surface area contributed by atoms with Crippen molar-refractivity contribution in [3.8, 4) is 0 Å². The highest BCUT2D eigenvalue weighted by atomic mass is 15.1. The fraction of sp³-hybridized carbons (Fsp3) is 0.389. The molecule has 0 bridgehead atoms. The van der Waals surface area contributed by atoms with E-state index in [1.807, 2.05) is 6.07 Å². The minimum Gasteiger partial charge on any atom is -0.370 e. The normalized spacial score (nSPS) is 15.3. The number of hydrogen-bond acceptors (Lipinski definition) is 3. The van der Waals surface area contributed by atoms with Gasteiger partial charge in [0.25, 0.3) is 0 Å². The van der Waals surface area contributed by atoms with Crippen molar-refractivity contribution in [2.45, 2.75) is 32.9 Å². The van der Waals surface area contributed by atoms with Gasteiger partial charge in [-0.2, -0.15) is 0 Å². The topological polar surface area (TPSA) is 28.2 Å². The first-order valence-electron chi connectivity index (χ1n) is 7.84. The van der Waals surface area contributed by atoms with Gasteiger partial charge in [0.2, 0.25) is 0 Å².